The Balaban J connectivity index is 1.62. The van der Waals surface area contributed by atoms with E-state index in [9.17, 15) is 23.9 Å². The highest BCUT2D eigenvalue weighted by atomic mass is 35.5. The van der Waals surface area contributed by atoms with E-state index in [0.29, 0.717) is 47.7 Å². The topological polar surface area (TPSA) is 111 Å². The van der Waals surface area contributed by atoms with Crippen molar-refractivity contribution in [3.05, 3.63) is 66.1 Å². The van der Waals surface area contributed by atoms with E-state index in [1.807, 2.05) is 11.0 Å². The van der Waals surface area contributed by atoms with Gasteiger partial charge >= 0.3 is 5.57 Å². The Morgan fingerprint density at radius 2 is 2.03 bits per heavy atom. The molecule has 4 rings (SSSR count). The lowest BCUT2D eigenvalue weighted by Crippen LogP contribution is -2.23. The van der Waals surface area contributed by atoms with Gasteiger partial charge in [0.05, 0.1) is 17.2 Å². The third kappa shape index (κ3) is 5.57. The number of rotatable bonds is 6. The second kappa shape index (κ2) is 9.59. The monoisotopic (exact) mass is 485 g/mol. The van der Waals surface area contributed by atoms with Crippen molar-refractivity contribution < 1.29 is 23.4 Å². The van der Waals surface area contributed by atoms with Gasteiger partial charge in [-0.05, 0) is 42.8 Å². The number of pyridine rings is 2. The normalized spacial score (nSPS) is 15.6. The summed E-state index contributed by atoms with van der Waals surface area (Å²) in [5.41, 5.74) is -1.73. The minimum absolute atomic E-state index is 0.163. The summed E-state index contributed by atoms with van der Waals surface area (Å²) in [6.07, 6.45) is 4.52. The van der Waals surface area contributed by atoms with Gasteiger partial charge in [-0.15, -0.1) is 8.78 Å². The molecule has 34 heavy (non-hydrogen) atoms. The van der Waals surface area contributed by atoms with Crippen LogP contribution in [0.15, 0.2) is 55.0 Å². The summed E-state index contributed by atoms with van der Waals surface area (Å²) in [5, 5.41) is 21.9. The first-order chi connectivity index (χ1) is 16.2. The molecule has 0 bridgehead atoms. The van der Waals surface area contributed by atoms with Crippen molar-refractivity contribution >= 4 is 29.0 Å². The van der Waals surface area contributed by atoms with Gasteiger partial charge in [-0.1, -0.05) is 0 Å². The third-order valence-electron chi connectivity index (χ3n) is 5.12. The van der Waals surface area contributed by atoms with Crippen molar-refractivity contribution in [1.82, 2.24) is 9.97 Å². The number of carbonyl (C=O) groups excluding carboxylic acids is 1. The average Bonchev–Trinajstić information content (AvgIpc) is 3.25. The van der Waals surface area contributed by atoms with Crippen molar-refractivity contribution in [2.45, 2.75) is 18.1 Å². The highest BCUT2D eigenvalue weighted by molar-refractivity contribution is 6.20. The lowest BCUT2D eigenvalue weighted by molar-refractivity contribution is -0.0964. The number of nitriles is 1. The van der Waals surface area contributed by atoms with E-state index >= 15 is 0 Å². The van der Waals surface area contributed by atoms with Crippen LogP contribution in [0.4, 0.5) is 20.3 Å². The summed E-state index contributed by atoms with van der Waals surface area (Å²) < 4.78 is 29.8. The maximum absolute atomic E-state index is 12.9. The van der Waals surface area contributed by atoms with Gasteiger partial charge in [0.1, 0.15) is 17.6 Å². The van der Waals surface area contributed by atoms with Crippen LogP contribution in [0.3, 0.4) is 0 Å². The van der Waals surface area contributed by atoms with Gasteiger partial charge in [0.25, 0.3) is 5.91 Å². The number of aliphatic hydroxyl groups is 1. The zero-order chi connectivity index (χ0) is 24.3. The maximum atomic E-state index is 12.9. The van der Waals surface area contributed by atoms with Crippen molar-refractivity contribution in [3.8, 4) is 22.9 Å². The molecule has 1 amide bonds. The highest BCUT2D eigenvalue weighted by Gasteiger charge is 2.28. The number of halogens is 3. The molecule has 0 aliphatic carbocycles. The van der Waals surface area contributed by atoms with Crippen molar-refractivity contribution in [1.29, 1.82) is 5.26 Å². The van der Waals surface area contributed by atoms with Crippen LogP contribution < -0.4 is 15.0 Å². The van der Waals surface area contributed by atoms with Crippen LogP contribution in [0.1, 0.15) is 22.3 Å². The summed E-state index contributed by atoms with van der Waals surface area (Å²) in [6, 6.07) is 10.6. The summed E-state index contributed by atoms with van der Waals surface area (Å²) in [6.45, 7) is 0.987. The Kier molecular flexibility index (Phi) is 6.58. The number of nitrogens with one attached hydrogen (secondary N) is 1. The third-order valence-corrected chi connectivity index (χ3v) is 5.19. The Bertz CT molecular complexity index is 1240. The van der Waals surface area contributed by atoms with Crippen LogP contribution >= 0.6 is 11.6 Å². The molecule has 1 aliphatic rings. The molecule has 1 saturated heterocycles. The first kappa shape index (κ1) is 23.4. The molecule has 1 unspecified atom stereocenters. The molecule has 1 fully saturated rings. The SMILES string of the molecule is N#Cc1cncc(-c2cc(C(=O)Nc3ccc(OC(F)(F)Cl)cc3)cnc2N2CCC(O)C2)c1. The van der Waals surface area contributed by atoms with E-state index in [-0.39, 0.29) is 11.3 Å². The van der Waals surface area contributed by atoms with Crippen molar-refractivity contribution in [2.75, 3.05) is 23.3 Å². The number of β-amino-alcohol motifs (C(OH)–C–C–N with tert-alkyl or cyclic N) is 1. The van der Waals surface area contributed by atoms with Crippen molar-refractivity contribution in [3.63, 3.8) is 0 Å². The smallest absolute Gasteiger partial charge is 0.420 e. The fraction of sp³-hybridized carbons (Fsp3) is 0.217. The molecule has 3 aromatic rings. The van der Waals surface area contributed by atoms with Gasteiger partial charge in [0.2, 0.25) is 0 Å². The van der Waals surface area contributed by atoms with Gasteiger partial charge in [-0.25, -0.2) is 4.98 Å². The lowest BCUT2D eigenvalue weighted by Gasteiger charge is -2.21. The van der Waals surface area contributed by atoms with Gasteiger partial charge in [-0.3, -0.25) is 9.78 Å². The quantitative estimate of drug-likeness (QED) is 0.507. The van der Waals surface area contributed by atoms with Gasteiger partial charge in [0, 0.05) is 60.1 Å². The molecular weight excluding hydrogens is 468 g/mol. The summed E-state index contributed by atoms with van der Waals surface area (Å²) in [5.74, 6) is -0.0834. The predicted octanol–water partition coefficient (Wildman–Crippen LogP) is 4.01. The Morgan fingerprint density at radius 3 is 2.68 bits per heavy atom. The molecule has 0 saturated carbocycles. The molecule has 0 spiro atoms. The molecule has 0 radical (unpaired) electrons. The fourth-order valence-corrected chi connectivity index (χ4v) is 3.66. The number of alkyl halides is 3. The highest BCUT2D eigenvalue weighted by Crippen LogP contribution is 2.32. The first-order valence-corrected chi connectivity index (χ1v) is 10.6. The minimum Gasteiger partial charge on any atom is -0.420 e. The van der Waals surface area contributed by atoms with E-state index in [1.54, 1.807) is 18.3 Å². The minimum atomic E-state index is -3.84. The Labute approximate surface area is 198 Å². The van der Waals surface area contributed by atoms with E-state index in [0.717, 1.165) is 0 Å². The van der Waals surface area contributed by atoms with Crippen LogP contribution in [-0.2, 0) is 0 Å². The number of aromatic nitrogens is 2. The van der Waals surface area contributed by atoms with E-state index in [2.05, 4.69) is 20.0 Å². The number of amides is 1. The molecule has 8 nitrogen and oxygen atoms in total. The van der Waals surface area contributed by atoms with Crippen LogP contribution in [0.25, 0.3) is 11.1 Å². The number of anilines is 2. The second-order valence-electron chi connectivity index (χ2n) is 7.58. The first-order valence-electron chi connectivity index (χ1n) is 10.2. The largest absolute Gasteiger partial charge is 0.487 e. The summed E-state index contributed by atoms with van der Waals surface area (Å²) >= 11 is 4.75. The predicted molar refractivity (Wildman–Crippen MR) is 121 cm³/mol. The lowest BCUT2D eigenvalue weighted by atomic mass is 10.0. The number of hydrogen-bond donors (Lipinski definition) is 2. The van der Waals surface area contributed by atoms with Crippen LogP contribution in [0.5, 0.6) is 5.75 Å². The fourth-order valence-electron chi connectivity index (χ4n) is 3.57. The zero-order valence-electron chi connectivity index (χ0n) is 17.6. The van der Waals surface area contributed by atoms with E-state index < -0.39 is 17.6 Å². The van der Waals surface area contributed by atoms with Gasteiger partial charge in [0.15, 0.2) is 0 Å². The molecule has 1 atom stereocenters. The van der Waals surface area contributed by atoms with E-state index in [4.69, 9.17) is 11.6 Å². The maximum Gasteiger partial charge on any atom is 0.487 e. The number of carbonyl (C=O) groups is 1. The Morgan fingerprint density at radius 1 is 1.26 bits per heavy atom. The molecule has 2 N–H and O–H groups in total. The van der Waals surface area contributed by atoms with Crippen LogP contribution in [0, 0.1) is 11.3 Å². The number of nitrogens with zero attached hydrogens (tertiary/aromatic N) is 4. The molecule has 3 heterocycles. The molecular formula is C23H18ClF2N5O3. The molecule has 2 aromatic heterocycles. The molecule has 174 valence electrons. The number of benzene rings is 1. The standard InChI is InChI=1S/C23H18ClF2N5O3/c24-23(25,26)34-19-3-1-17(2-4-19)30-22(33)16-8-20(15-7-14(9-27)10-28-11-15)21(29-12-16)31-6-5-18(32)13-31/h1-4,7-8,10-12,18,32H,5-6,13H2,(H,30,33). The molecule has 11 heteroatoms. The van der Waals surface area contributed by atoms with Crippen LogP contribution in [-0.4, -0.2) is 45.7 Å². The number of ether oxygens (including phenoxy) is 1. The molecule has 1 aromatic carbocycles. The zero-order valence-corrected chi connectivity index (χ0v) is 18.3. The average molecular weight is 486 g/mol. The Hall–Kier alpha value is -3.81. The van der Waals surface area contributed by atoms with Gasteiger partial charge < -0.3 is 20.1 Å². The van der Waals surface area contributed by atoms with Crippen LogP contribution in [0.2, 0.25) is 0 Å². The van der Waals surface area contributed by atoms with Crippen molar-refractivity contribution in [2.24, 2.45) is 0 Å². The van der Waals surface area contributed by atoms with E-state index in [1.165, 1.54) is 36.7 Å². The van der Waals surface area contributed by atoms with Gasteiger partial charge in [-0.2, -0.15) is 5.26 Å². The number of hydrogen-bond acceptors (Lipinski definition) is 7. The summed E-state index contributed by atoms with van der Waals surface area (Å²) in [4.78, 5) is 23.3. The number of aliphatic hydroxyl groups excluding tert-OH is 1. The summed E-state index contributed by atoms with van der Waals surface area (Å²) in [7, 11) is 0. The molecule has 1 aliphatic heterocycles. The second-order valence-corrected chi connectivity index (χ2v) is 8.02.